The summed E-state index contributed by atoms with van der Waals surface area (Å²) in [6, 6.07) is 2.22. The number of nitrogens with zero attached hydrogens (tertiary/aromatic N) is 4. The van der Waals surface area contributed by atoms with Crippen molar-refractivity contribution in [3.63, 3.8) is 0 Å². The maximum atomic E-state index is 2.33. The molecule has 0 fully saturated rings. The second-order valence-corrected chi connectivity index (χ2v) is 8.58. The molecule has 0 saturated heterocycles. The number of aromatic nitrogens is 4. The molecule has 2 heterocycles. The Morgan fingerprint density at radius 1 is 0.333 bits per heavy atom. The third-order valence-corrected chi connectivity index (χ3v) is 5.32. The smallest absolute Gasteiger partial charge is 0.244 e. The third-order valence-electron chi connectivity index (χ3n) is 5.32. The third kappa shape index (κ3) is 51.8. The van der Waals surface area contributed by atoms with Gasteiger partial charge in [0.1, 0.15) is 22.8 Å². The molecule has 0 spiro atoms. The molecular weight excluding hydrogens is 1200 g/mol. The summed E-state index contributed by atoms with van der Waals surface area (Å²) in [7, 11) is 0. The van der Waals surface area contributed by atoms with E-state index in [0.29, 0.717) is 24.2 Å². The van der Waals surface area contributed by atoms with Crippen molar-refractivity contribution < 1.29 is 240 Å². The maximum Gasteiger partial charge on any atom is 0.244 e. The number of rotatable bonds is 4. The van der Waals surface area contributed by atoms with Crippen LogP contribution < -0.4 is 9.13 Å². The Morgan fingerprint density at radius 3 is 0.529 bits per heavy atom. The Labute approximate surface area is 387 Å². The van der Waals surface area contributed by atoms with E-state index in [1.54, 1.807) is 0 Å². The van der Waals surface area contributed by atoms with E-state index in [0.717, 1.165) is 0 Å². The second kappa shape index (κ2) is 84.4. The fourth-order valence-corrected chi connectivity index (χ4v) is 3.44. The molecule has 0 amide bonds. The van der Waals surface area contributed by atoms with Crippen LogP contribution >= 0.6 is 0 Å². The summed E-state index contributed by atoms with van der Waals surface area (Å²) in [4.78, 5) is 0. The molecule has 336 valence electrons. The molecule has 0 aliphatic carbocycles. The van der Waals surface area contributed by atoms with Crippen LogP contribution in [0.2, 0.25) is 0 Å². The van der Waals surface area contributed by atoms with Crippen molar-refractivity contribution in [3.05, 3.63) is 35.4 Å². The Balaban J connectivity index is -0.00000000773. The zero-order chi connectivity index (χ0) is 20.3. The first-order valence-electron chi connectivity index (χ1n) is 10.1. The monoisotopic (exact) mass is 1250 g/mol. The number of imidazole rings is 2. The predicted molar refractivity (Wildman–Crippen MR) is 123 cm³/mol. The molecule has 0 aromatic carbocycles. The normalized spacial score (nSPS) is 5.96. The van der Waals surface area contributed by atoms with Crippen molar-refractivity contribution in [3.8, 4) is 0 Å². The average molecular weight is 1240 g/mol. The summed E-state index contributed by atoms with van der Waals surface area (Å²) >= 11 is 0. The molecular formula is C22H42Mo6N4O19-36. The van der Waals surface area contributed by atoms with E-state index in [1.165, 1.54) is 22.8 Å². The van der Waals surface area contributed by atoms with E-state index < -0.39 is 0 Å². The minimum absolute atomic E-state index is 0. The van der Waals surface area contributed by atoms with Crippen molar-refractivity contribution >= 4 is 0 Å². The summed E-state index contributed by atoms with van der Waals surface area (Å²) in [6.45, 7) is 26.5. The predicted octanol–water partition coefficient (Wildman–Crippen LogP) is 2.84. The van der Waals surface area contributed by atoms with Crippen LogP contribution in [0.5, 0.6) is 0 Å². The number of hydrogen-bond acceptors (Lipinski definition) is 0. The van der Waals surface area contributed by atoms with Crippen molar-refractivity contribution in [2.75, 3.05) is 0 Å². The molecule has 0 N–H and O–H groups in total. The Kier molecular flexibility index (Phi) is 303. The van der Waals surface area contributed by atoms with E-state index in [2.05, 4.69) is 114 Å². The van der Waals surface area contributed by atoms with Crippen LogP contribution in [0.4, 0.5) is 0 Å². The van der Waals surface area contributed by atoms with Gasteiger partial charge in [0.25, 0.3) is 0 Å². The van der Waals surface area contributed by atoms with Gasteiger partial charge in [-0.25, -0.2) is 18.3 Å². The van der Waals surface area contributed by atoms with Crippen molar-refractivity contribution in [1.29, 1.82) is 0 Å². The molecule has 2 aromatic rings. The van der Waals surface area contributed by atoms with Gasteiger partial charge in [0.15, 0.2) is 0 Å². The molecule has 0 atom stereocenters. The van der Waals surface area contributed by atoms with Crippen LogP contribution in [0.25, 0.3) is 0 Å². The zero-order valence-corrected chi connectivity index (χ0v) is 41.5. The standard InChI is InChI=1S/2C11H21N2.6Mo.19O/c2*1-8(2)12-7-13(9(3)4)11(6)10(12)5;;;;;;;;;;;;;;;;;;;;;;;;;/h2*7-9H,1-6H3;;;;;;;;;;;;;;;;;;;;;;;;;/q2*+1;;;;;;;19*-2. The van der Waals surface area contributed by atoms with Gasteiger partial charge in [-0.15, -0.1) is 0 Å². The molecule has 51 heavy (non-hydrogen) atoms. The molecule has 29 heteroatoms. The molecule has 0 radical (unpaired) electrons. The fraction of sp³-hybridized carbons (Fsp3) is 0.727. The van der Waals surface area contributed by atoms with Crippen LogP contribution in [0.3, 0.4) is 0 Å². The van der Waals surface area contributed by atoms with Gasteiger partial charge in [-0.05, 0) is 55.4 Å². The first kappa shape index (κ1) is 183. The molecule has 0 saturated carbocycles. The van der Waals surface area contributed by atoms with Crippen LogP contribution in [0.1, 0.15) is 102 Å². The van der Waals surface area contributed by atoms with Crippen molar-refractivity contribution in [1.82, 2.24) is 9.13 Å². The van der Waals surface area contributed by atoms with Crippen LogP contribution in [0.15, 0.2) is 12.7 Å². The summed E-state index contributed by atoms with van der Waals surface area (Å²) in [5, 5.41) is 0. The first-order valence-corrected chi connectivity index (χ1v) is 10.1. The molecule has 23 nitrogen and oxygen atoms in total. The summed E-state index contributed by atoms with van der Waals surface area (Å²) in [5.74, 6) is 0. The quantitative estimate of drug-likeness (QED) is 0.315. The van der Waals surface area contributed by atoms with Crippen LogP contribution in [0, 0.1) is 27.7 Å². The molecule has 0 unspecified atom stereocenters. The van der Waals surface area contributed by atoms with Crippen LogP contribution in [-0.4, -0.2) is 9.13 Å². The number of hydrogen-bond donors (Lipinski definition) is 0. The van der Waals surface area contributed by atoms with Gasteiger partial charge < -0.3 is 104 Å². The van der Waals surface area contributed by atoms with E-state index in [1.807, 2.05) is 0 Å². The van der Waals surface area contributed by atoms with Gasteiger partial charge in [-0.3, -0.25) is 0 Å². The first-order chi connectivity index (χ1) is 11.9. The minimum atomic E-state index is 0. The Bertz CT molecular complexity index is 667. The maximum absolute atomic E-state index is 2.33. The van der Waals surface area contributed by atoms with E-state index in [-0.39, 0.29) is 230 Å². The van der Waals surface area contributed by atoms with Gasteiger partial charge in [0, 0.05) is 154 Å². The van der Waals surface area contributed by atoms with Crippen molar-refractivity contribution in [2.24, 2.45) is 0 Å². The van der Waals surface area contributed by atoms with Crippen molar-refractivity contribution in [2.45, 2.75) is 107 Å². The van der Waals surface area contributed by atoms with Gasteiger partial charge in [-0.2, -0.15) is 0 Å². The molecule has 0 bridgehead atoms. The molecule has 2 aromatic heterocycles. The van der Waals surface area contributed by atoms with E-state index >= 15 is 0 Å². The largest absolute Gasteiger partial charge is 2.00 e. The molecule has 0 aliphatic rings. The Hall–Kier alpha value is 1.79. The Morgan fingerprint density at radius 2 is 0.471 bits per heavy atom. The topological polar surface area (TPSA) is 559 Å². The van der Waals surface area contributed by atoms with Gasteiger partial charge in [0.2, 0.25) is 12.7 Å². The second-order valence-electron chi connectivity index (χ2n) is 8.58. The summed E-state index contributed by atoms with van der Waals surface area (Å²) < 4.78 is 9.31. The molecule has 0 aliphatic heterocycles. The van der Waals surface area contributed by atoms with Gasteiger partial charge >= 0.3 is 0 Å². The van der Waals surface area contributed by atoms with E-state index in [9.17, 15) is 0 Å². The zero-order valence-electron chi connectivity index (χ0n) is 29.5. The minimum Gasteiger partial charge on any atom is -2.00 e. The summed E-state index contributed by atoms with van der Waals surface area (Å²) in [6.07, 6.45) is 4.44. The summed E-state index contributed by atoms with van der Waals surface area (Å²) in [5.41, 5.74) is 5.51. The fourth-order valence-electron chi connectivity index (χ4n) is 3.44. The van der Waals surface area contributed by atoms with Gasteiger partial charge in [-0.1, -0.05) is 0 Å². The van der Waals surface area contributed by atoms with E-state index in [4.69, 9.17) is 0 Å². The molecule has 2 rings (SSSR count). The van der Waals surface area contributed by atoms with Gasteiger partial charge in [0.05, 0.1) is 24.2 Å². The van der Waals surface area contributed by atoms with Crippen LogP contribution in [-0.2, 0) is 230 Å². The average Bonchev–Trinajstić information content (AvgIpc) is 2.99. The SMILES string of the molecule is Cc1c(C)[n+](C(C)C)cn1C(C)C.Cc1c(C)[n+](C(C)C)cn1C(C)C.[Mo].[Mo].[Mo].[Mo].[Mo].[Mo].[O-2].[O-2].[O-2].[O-2].[O-2].[O-2].[O-2].[O-2].[O-2].[O-2].[O-2].[O-2].[O-2].[O-2].[O-2].[O-2].[O-2].[O-2].[O-2].